The minimum Gasteiger partial charge on any atom is -0.467 e. The molecule has 0 saturated carbocycles. The average Bonchev–Trinajstić information content (AvgIpc) is 2.69. The Labute approximate surface area is 110 Å². The first-order valence-electron chi connectivity index (χ1n) is 5.57. The number of nitrogens with two attached hydrogens (primary N) is 1. The summed E-state index contributed by atoms with van der Waals surface area (Å²) in [6.07, 6.45) is 1.69. The standard InChI is InChI=1S/C14H16BrNO/c1-8-4-5-17-14(8)13(16)11-6-10(3)12(15)7-9(11)2/h4-7,13H,16H2,1-3H3. The van der Waals surface area contributed by atoms with Gasteiger partial charge in [-0.1, -0.05) is 22.0 Å². The predicted molar refractivity (Wildman–Crippen MR) is 73.1 cm³/mol. The van der Waals surface area contributed by atoms with Gasteiger partial charge in [-0.25, -0.2) is 0 Å². The van der Waals surface area contributed by atoms with Gasteiger partial charge in [-0.15, -0.1) is 0 Å². The van der Waals surface area contributed by atoms with Crippen molar-refractivity contribution in [2.24, 2.45) is 5.73 Å². The molecule has 0 aliphatic carbocycles. The van der Waals surface area contributed by atoms with E-state index in [-0.39, 0.29) is 6.04 Å². The zero-order chi connectivity index (χ0) is 12.6. The van der Waals surface area contributed by atoms with E-state index in [0.717, 1.165) is 21.4 Å². The summed E-state index contributed by atoms with van der Waals surface area (Å²) >= 11 is 3.53. The van der Waals surface area contributed by atoms with Gasteiger partial charge in [0.25, 0.3) is 0 Å². The number of halogens is 1. The Bertz CT molecular complexity index is 545. The molecule has 1 aromatic heterocycles. The zero-order valence-corrected chi connectivity index (χ0v) is 11.8. The van der Waals surface area contributed by atoms with Crippen LogP contribution in [-0.4, -0.2) is 0 Å². The monoisotopic (exact) mass is 293 g/mol. The van der Waals surface area contributed by atoms with Crippen LogP contribution in [0, 0.1) is 20.8 Å². The van der Waals surface area contributed by atoms with Crippen LogP contribution in [0.5, 0.6) is 0 Å². The molecule has 1 heterocycles. The van der Waals surface area contributed by atoms with E-state index in [0.29, 0.717) is 0 Å². The molecule has 0 spiro atoms. The predicted octanol–water partition coefficient (Wildman–Crippen LogP) is 4.02. The number of rotatable bonds is 2. The average molecular weight is 294 g/mol. The second-order valence-corrected chi connectivity index (χ2v) is 5.26. The van der Waals surface area contributed by atoms with Gasteiger partial charge in [0.2, 0.25) is 0 Å². The van der Waals surface area contributed by atoms with Crippen LogP contribution < -0.4 is 5.73 Å². The molecule has 0 aliphatic rings. The molecule has 1 atom stereocenters. The number of aryl methyl sites for hydroxylation is 3. The third kappa shape index (κ3) is 2.31. The van der Waals surface area contributed by atoms with Crippen molar-refractivity contribution in [2.75, 3.05) is 0 Å². The summed E-state index contributed by atoms with van der Waals surface area (Å²) in [4.78, 5) is 0. The van der Waals surface area contributed by atoms with Crippen LogP contribution in [0.2, 0.25) is 0 Å². The molecule has 1 aromatic carbocycles. The molecule has 2 rings (SSSR count). The van der Waals surface area contributed by atoms with Gasteiger partial charge in [0.1, 0.15) is 5.76 Å². The molecule has 0 aliphatic heterocycles. The Morgan fingerprint density at radius 2 is 1.82 bits per heavy atom. The van der Waals surface area contributed by atoms with Crippen molar-refractivity contribution >= 4 is 15.9 Å². The highest BCUT2D eigenvalue weighted by Crippen LogP contribution is 2.29. The lowest BCUT2D eigenvalue weighted by Gasteiger charge is -2.15. The van der Waals surface area contributed by atoms with Gasteiger partial charge in [0.05, 0.1) is 12.3 Å². The first-order chi connectivity index (χ1) is 8.00. The normalized spacial score (nSPS) is 12.8. The van der Waals surface area contributed by atoms with Crippen LogP contribution in [0.3, 0.4) is 0 Å². The topological polar surface area (TPSA) is 39.2 Å². The van der Waals surface area contributed by atoms with E-state index in [2.05, 4.69) is 41.9 Å². The molecular formula is C14H16BrNO. The summed E-state index contributed by atoms with van der Waals surface area (Å²) in [5, 5.41) is 0. The molecule has 0 bridgehead atoms. The Hall–Kier alpha value is -1.06. The quantitative estimate of drug-likeness (QED) is 0.908. The molecule has 1 unspecified atom stereocenters. The molecule has 2 aromatic rings. The third-order valence-corrected chi connectivity index (χ3v) is 3.92. The van der Waals surface area contributed by atoms with Gasteiger partial charge in [0.15, 0.2) is 0 Å². The summed E-state index contributed by atoms with van der Waals surface area (Å²) in [7, 11) is 0. The first kappa shape index (κ1) is 12.4. The van der Waals surface area contributed by atoms with Crippen molar-refractivity contribution in [2.45, 2.75) is 26.8 Å². The van der Waals surface area contributed by atoms with Gasteiger partial charge in [-0.2, -0.15) is 0 Å². The Balaban J connectivity index is 2.48. The SMILES string of the molecule is Cc1cc(C(N)c2occc2C)c(C)cc1Br. The third-order valence-electron chi connectivity index (χ3n) is 3.07. The second-order valence-electron chi connectivity index (χ2n) is 4.40. The van der Waals surface area contributed by atoms with E-state index < -0.39 is 0 Å². The molecular weight excluding hydrogens is 278 g/mol. The number of benzene rings is 1. The smallest absolute Gasteiger partial charge is 0.127 e. The maximum absolute atomic E-state index is 6.27. The summed E-state index contributed by atoms with van der Waals surface area (Å²) in [5.41, 5.74) is 10.8. The molecule has 0 saturated heterocycles. The molecule has 90 valence electrons. The van der Waals surface area contributed by atoms with Gasteiger partial charge < -0.3 is 10.2 Å². The van der Waals surface area contributed by atoms with Crippen molar-refractivity contribution in [3.8, 4) is 0 Å². The van der Waals surface area contributed by atoms with Crippen molar-refractivity contribution in [3.63, 3.8) is 0 Å². The summed E-state index contributed by atoms with van der Waals surface area (Å²) in [6.45, 7) is 6.14. The molecule has 2 N–H and O–H groups in total. The molecule has 2 nitrogen and oxygen atoms in total. The van der Waals surface area contributed by atoms with Crippen LogP contribution in [0.1, 0.15) is 34.1 Å². The molecule has 17 heavy (non-hydrogen) atoms. The second kappa shape index (κ2) is 4.67. The lowest BCUT2D eigenvalue weighted by molar-refractivity contribution is 0.486. The van der Waals surface area contributed by atoms with Crippen LogP contribution in [0.15, 0.2) is 33.4 Å². The van der Waals surface area contributed by atoms with Crippen LogP contribution in [0.25, 0.3) is 0 Å². The van der Waals surface area contributed by atoms with E-state index in [1.165, 1.54) is 11.1 Å². The fourth-order valence-electron chi connectivity index (χ4n) is 1.98. The Kier molecular flexibility index (Phi) is 3.40. The van der Waals surface area contributed by atoms with Crippen LogP contribution in [-0.2, 0) is 0 Å². The van der Waals surface area contributed by atoms with Crippen LogP contribution >= 0.6 is 15.9 Å². The lowest BCUT2D eigenvalue weighted by Crippen LogP contribution is -2.13. The van der Waals surface area contributed by atoms with Gasteiger partial charge in [-0.3, -0.25) is 0 Å². The molecule has 0 fully saturated rings. The highest BCUT2D eigenvalue weighted by atomic mass is 79.9. The number of furan rings is 1. The first-order valence-corrected chi connectivity index (χ1v) is 6.36. The Morgan fingerprint density at radius 3 is 2.41 bits per heavy atom. The van der Waals surface area contributed by atoms with E-state index >= 15 is 0 Å². The van der Waals surface area contributed by atoms with E-state index in [1.54, 1.807) is 6.26 Å². The van der Waals surface area contributed by atoms with Crippen molar-refractivity contribution < 1.29 is 4.42 Å². The summed E-state index contributed by atoms with van der Waals surface area (Å²) in [5.74, 6) is 0.842. The fourth-order valence-corrected chi connectivity index (χ4v) is 2.44. The van der Waals surface area contributed by atoms with Gasteiger partial charge >= 0.3 is 0 Å². The van der Waals surface area contributed by atoms with E-state index in [1.807, 2.05) is 13.0 Å². The van der Waals surface area contributed by atoms with E-state index in [9.17, 15) is 0 Å². The largest absolute Gasteiger partial charge is 0.467 e. The van der Waals surface area contributed by atoms with E-state index in [4.69, 9.17) is 10.2 Å². The molecule has 3 heteroatoms. The zero-order valence-electron chi connectivity index (χ0n) is 10.3. The summed E-state index contributed by atoms with van der Waals surface area (Å²) in [6, 6.07) is 5.96. The van der Waals surface area contributed by atoms with Crippen molar-refractivity contribution in [1.82, 2.24) is 0 Å². The van der Waals surface area contributed by atoms with Crippen molar-refractivity contribution in [1.29, 1.82) is 0 Å². The summed E-state index contributed by atoms with van der Waals surface area (Å²) < 4.78 is 6.58. The highest BCUT2D eigenvalue weighted by Gasteiger charge is 2.17. The van der Waals surface area contributed by atoms with Gasteiger partial charge in [0, 0.05) is 4.47 Å². The fraction of sp³-hybridized carbons (Fsp3) is 0.286. The highest BCUT2D eigenvalue weighted by molar-refractivity contribution is 9.10. The number of hydrogen-bond donors (Lipinski definition) is 1. The molecule has 0 amide bonds. The minimum atomic E-state index is -0.197. The molecule has 0 radical (unpaired) electrons. The Morgan fingerprint density at radius 1 is 1.12 bits per heavy atom. The minimum absolute atomic E-state index is 0.197. The maximum Gasteiger partial charge on any atom is 0.127 e. The van der Waals surface area contributed by atoms with Crippen LogP contribution in [0.4, 0.5) is 0 Å². The van der Waals surface area contributed by atoms with Gasteiger partial charge in [-0.05, 0) is 55.2 Å². The van der Waals surface area contributed by atoms with Crippen molar-refractivity contribution in [3.05, 3.63) is 56.9 Å². The maximum atomic E-state index is 6.27. The number of hydrogen-bond acceptors (Lipinski definition) is 2. The lowest BCUT2D eigenvalue weighted by atomic mass is 9.96.